The van der Waals surface area contributed by atoms with E-state index in [-0.39, 0.29) is 25.3 Å². The molecule has 30 heavy (non-hydrogen) atoms. The van der Waals surface area contributed by atoms with Crippen molar-refractivity contribution in [3.05, 3.63) is 54.1 Å². The van der Waals surface area contributed by atoms with Crippen molar-refractivity contribution in [3.8, 4) is 5.75 Å². The molecule has 0 unspecified atom stereocenters. The van der Waals surface area contributed by atoms with Gasteiger partial charge in [0.15, 0.2) is 0 Å². The Balaban J connectivity index is 1.74. The van der Waals surface area contributed by atoms with Crippen molar-refractivity contribution < 1.29 is 33.3 Å². The van der Waals surface area contributed by atoms with Crippen molar-refractivity contribution >= 4 is 18.1 Å². The smallest absolute Gasteiger partial charge is 0.463 e. The van der Waals surface area contributed by atoms with Gasteiger partial charge < -0.3 is 18.9 Å². The van der Waals surface area contributed by atoms with Crippen LogP contribution in [-0.2, 0) is 19.0 Å². The molecule has 7 nitrogen and oxygen atoms in total. The Morgan fingerprint density at radius 3 is 2.40 bits per heavy atom. The highest BCUT2D eigenvalue weighted by atomic mass is 16.7. The zero-order chi connectivity index (χ0) is 21.9. The molecule has 1 aromatic carbocycles. The molecular weight excluding hydrogens is 388 g/mol. The number of rotatable bonds is 9. The third-order valence-corrected chi connectivity index (χ3v) is 4.69. The summed E-state index contributed by atoms with van der Waals surface area (Å²) in [5.74, 6) is -0.560. The highest BCUT2D eigenvalue weighted by Crippen LogP contribution is 2.26. The van der Waals surface area contributed by atoms with E-state index >= 15 is 0 Å². The van der Waals surface area contributed by atoms with Crippen molar-refractivity contribution in [2.75, 3.05) is 13.2 Å². The summed E-state index contributed by atoms with van der Waals surface area (Å²) in [6.07, 6.45) is 4.61. The Kier molecular flexibility index (Phi) is 9.12. The second kappa shape index (κ2) is 11.8. The lowest BCUT2D eigenvalue weighted by molar-refractivity contribution is -0.137. The Bertz CT molecular complexity index is 787. The van der Waals surface area contributed by atoms with Crippen LogP contribution in [0.5, 0.6) is 5.75 Å². The van der Waals surface area contributed by atoms with Crippen LogP contribution < -0.4 is 4.74 Å². The topological polar surface area (TPSA) is 88.1 Å². The number of carbonyl (C=O) groups is 3. The second-order valence-electron chi connectivity index (χ2n) is 7.11. The summed E-state index contributed by atoms with van der Waals surface area (Å²) in [4.78, 5) is 35.1. The first kappa shape index (κ1) is 23.2. The Morgan fingerprint density at radius 1 is 1.10 bits per heavy atom. The van der Waals surface area contributed by atoms with E-state index in [1.54, 1.807) is 25.1 Å². The van der Waals surface area contributed by atoms with Gasteiger partial charge in [-0.25, -0.2) is 14.4 Å². The maximum absolute atomic E-state index is 12.4. The highest BCUT2D eigenvalue weighted by molar-refractivity contribution is 5.90. The summed E-state index contributed by atoms with van der Waals surface area (Å²) in [5.41, 5.74) is 2.23. The molecule has 0 saturated heterocycles. The molecular formula is C23H28O7. The third kappa shape index (κ3) is 7.73. The van der Waals surface area contributed by atoms with E-state index in [0.29, 0.717) is 29.7 Å². The average Bonchev–Trinajstić information content (AvgIpc) is 2.73. The van der Waals surface area contributed by atoms with Crippen LogP contribution in [0.4, 0.5) is 4.79 Å². The summed E-state index contributed by atoms with van der Waals surface area (Å²) in [6.45, 7) is 9.37. The minimum Gasteiger partial charge on any atom is -0.463 e. The van der Waals surface area contributed by atoms with Gasteiger partial charge in [0.1, 0.15) is 11.9 Å². The summed E-state index contributed by atoms with van der Waals surface area (Å²) in [6, 6.07) is 4.74. The number of unbranched alkanes of at least 4 members (excludes halogenated alkanes) is 1. The van der Waals surface area contributed by atoms with Crippen molar-refractivity contribution in [3.63, 3.8) is 0 Å². The van der Waals surface area contributed by atoms with Gasteiger partial charge in [0, 0.05) is 6.08 Å². The fraction of sp³-hybridized carbons (Fsp3) is 0.435. The van der Waals surface area contributed by atoms with Crippen molar-refractivity contribution in [1.82, 2.24) is 0 Å². The van der Waals surface area contributed by atoms with Crippen molar-refractivity contribution in [1.29, 1.82) is 0 Å². The van der Waals surface area contributed by atoms with Crippen LogP contribution >= 0.6 is 0 Å². The number of aryl methyl sites for hydroxylation is 1. The highest BCUT2D eigenvalue weighted by Gasteiger charge is 2.21. The molecule has 2 rings (SSSR count). The molecule has 1 aromatic rings. The monoisotopic (exact) mass is 416 g/mol. The van der Waals surface area contributed by atoms with E-state index in [1.807, 2.05) is 0 Å². The minimum atomic E-state index is -0.834. The number of benzene rings is 1. The number of allylic oxidation sites excluding steroid dienone is 1. The Labute approximate surface area is 176 Å². The van der Waals surface area contributed by atoms with Crippen LogP contribution in [0.15, 0.2) is 43.0 Å². The minimum absolute atomic E-state index is 0.0884. The summed E-state index contributed by atoms with van der Waals surface area (Å²) < 4.78 is 20.6. The third-order valence-electron chi connectivity index (χ3n) is 4.69. The zero-order valence-corrected chi connectivity index (χ0v) is 17.3. The fourth-order valence-electron chi connectivity index (χ4n) is 2.94. The number of ether oxygens (including phenoxy) is 4. The largest absolute Gasteiger partial charge is 0.513 e. The van der Waals surface area contributed by atoms with Crippen LogP contribution in [-0.4, -0.2) is 37.4 Å². The lowest BCUT2D eigenvalue weighted by Crippen LogP contribution is -2.21. The molecule has 162 valence electrons. The maximum Gasteiger partial charge on any atom is 0.513 e. The van der Waals surface area contributed by atoms with E-state index in [0.717, 1.165) is 31.8 Å². The van der Waals surface area contributed by atoms with Crippen molar-refractivity contribution in [2.24, 2.45) is 0 Å². The van der Waals surface area contributed by atoms with E-state index in [1.165, 1.54) is 5.57 Å². The first-order valence-electron chi connectivity index (χ1n) is 10.0. The first-order chi connectivity index (χ1) is 14.4. The molecule has 0 amide bonds. The fourth-order valence-corrected chi connectivity index (χ4v) is 2.94. The number of carbonyl (C=O) groups excluding carboxylic acids is 3. The molecule has 1 saturated carbocycles. The van der Waals surface area contributed by atoms with E-state index in [2.05, 4.69) is 13.2 Å². The van der Waals surface area contributed by atoms with Gasteiger partial charge in [-0.2, -0.15) is 0 Å². The molecule has 0 aromatic heterocycles. The van der Waals surface area contributed by atoms with Crippen molar-refractivity contribution in [2.45, 2.75) is 51.6 Å². The normalized spacial score (nSPS) is 14.0. The lowest BCUT2D eigenvalue weighted by atomic mass is 9.94. The molecule has 0 radical (unpaired) electrons. The Hall–Kier alpha value is -3.09. The summed E-state index contributed by atoms with van der Waals surface area (Å²) in [7, 11) is 0. The predicted octanol–water partition coefficient (Wildman–Crippen LogP) is 4.68. The van der Waals surface area contributed by atoms with Crippen LogP contribution in [0.3, 0.4) is 0 Å². The molecule has 0 spiro atoms. The molecule has 1 aliphatic rings. The lowest BCUT2D eigenvalue weighted by Gasteiger charge is -2.23. The van der Waals surface area contributed by atoms with E-state index in [9.17, 15) is 14.4 Å². The summed E-state index contributed by atoms with van der Waals surface area (Å²) in [5, 5.41) is 0. The van der Waals surface area contributed by atoms with Gasteiger partial charge >= 0.3 is 18.1 Å². The Morgan fingerprint density at radius 2 is 1.77 bits per heavy atom. The van der Waals surface area contributed by atoms with Gasteiger partial charge in [0.05, 0.1) is 18.8 Å². The summed E-state index contributed by atoms with van der Waals surface area (Å²) >= 11 is 0. The average molecular weight is 416 g/mol. The van der Waals surface area contributed by atoms with E-state index in [4.69, 9.17) is 18.9 Å². The molecule has 0 heterocycles. The molecule has 1 aliphatic carbocycles. The number of hydrogen-bond donors (Lipinski definition) is 0. The number of esters is 2. The van der Waals surface area contributed by atoms with Gasteiger partial charge in [0.2, 0.25) is 0 Å². The van der Waals surface area contributed by atoms with Gasteiger partial charge in [-0.15, -0.1) is 0 Å². The molecule has 1 fully saturated rings. The predicted molar refractivity (Wildman–Crippen MR) is 110 cm³/mol. The molecule has 0 N–H and O–H groups in total. The number of hydrogen-bond acceptors (Lipinski definition) is 7. The standard InChI is InChI=1S/C23H28O7/c1-4-21(24)27-13-5-6-14-28-23(26)30-20-12-9-18(15-17(20)3)22(25)29-19-10-7-16(2)8-11-19/h4,9,12,15,19H,1-2,5-8,10-11,13-14H2,3H3. The zero-order valence-electron chi connectivity index (χ0n) is 17.3. The molecule has 0 atom stereocenters. The van der Waals surface area contributed by atoms with Gasteiger partial charge in [-0.3, -0.25) is 0 Å². The molecule has 7 heteroatoms. The maximum atomic E-state index is 12.4. The van der Waals surface area contributed by atoms with Gasteiger partial charge in [0.25, 0.3) is 0 Å². The van der Waals surface area contributed by atoms with Gasteiger partial charge in [-0.1, -0.05) is 18.7 Å². The van der Waals surface area contributed by atoms with Crippen LogP contribution in [0.25, 0.3) is 0 Å². The van der Waals surface area contributed by atoms with E-state index < -0.39 is 12.1 Å². The second-order valence-corrected chi connectivity index (χ2v) is 7.11. The SMILES string of the molecule is C=CC(=O)OCCCCOC(=O)Oc1ccc(C(=O)OC2CCC(=C)CC2)cc1C. The quantitative estimate of drug-likeness (QED) is 0.144. The molecule has 0 aliphatic heterocycles. The van der Waals surface area contributed by atoms with Crippen LogP contribution in [0.1, 0.15) is 54.4 Å². The van der Waals surface area contributed by atoms with Crippen LogP contribution in [0.2, 0.25) is 0 Å². The van der Waals surface area contributed by atoms with Gasteiger partial charge in [-0.05, 0) is 69.2 Å². The first-order valence-corrected chi connectivity index (χ1v) is 10.0. The van der Waals surface area contributed by atoms with Crippen LogP contribution in [0, 0.1) is 6.92 Å². The molecule has 0 bridgehead atoms.